The smallest absolute Gasteiger partial charge is 0.221 e. The molecule has 0 saturated carbocycles. The van der Waals surface area contributed by atoms with Crippen LogP contribution in [0.25, 0.3) is 0 Å². The summed E-state index contributed by atoms with van der Waals surface area (Å²) in [7, 11) is 1.65. The second-order valence-corrected chi connectivity index (χ2v) is 5.21. The number of carbonyl (C=O) groups excluding carboxylic acids is 1. The van der Waals surface area contributed by atoms with E-state index < -0.39 is 0 Å². The van der Waals surface area contributed by atoms with Gasteiger partial charge < -0.3 is 10.5 Å². The highest BCUT2D eigenvalue weighted by molar-refractivity contribution is 7.99. The Kier molecular flexibility index (Phi) is 4.47. The second kappa shape index (κ2) is 6.29. The average molecular weight is 273 g/mol. The minimum absolute atomic E-state index is 0.285. The zero-order valence-corrected chi connectivity index (χ0v) is 11.4. The van der Waals surface area contributed by atoms with E-state index in [1.165, 1.54) is 0 Å². The van der Waals surface area contributed by atoms with Gasteiger partial charge in [-0.2, -0.15) is 0 Å². The molecule has 0 heterocycles. The molecule has 0 bridgehead atoms. The minimum Gasteiger partial charge on any atom is -0.497 e. The number of nitrogens with two attached hydrogens (primary N) is 1. The van der Waals surface area contributed by atoms with Gasteiger partial charge in [0, 0.05) is 9.79 Å². The summed E-state index contributed by atoms with van der Waals surface area (Å²) in [6.45, 7) is 0. The van der Waals surface area contributed by atoms with Gasteiger partial charge in [0.25, 0.3) is 0 Å². The fraction of sp³-hybridized carbons (Fsp3) is 0.133. The first-order valence-electron chi connectivity index (χ1n) is 5.86. The van der Waals surface area contributed by atoms with Crippen LogP contribution in [0, 0.1) is 0 Å². The molecule has 0 spiro atoms. The number of amides is 1. The van der Waals surface area contributed by atoms with E-state index in [4.69, 9.17) is 10.5 Å². The highest BCUT2D eigenvalue weighted by Crippen LogP contribution is 2.29. The first-order chi connectivity index (χ1) is 9.17. The third kappa shape index (κ3) is 4.03. The van der Waals surface area contributed by atoms with Gasteiger partial charge in [-0.05, 0) is 42.0 Å². The predicted molar refractivity (Wildman–Crippen MR) is 76.5 cm³/mol. The number of hydrogen-bond acceptors (Lipinski definition) is 3. The summed E-state index contributed by atoms with van der Waals surface area (Å²) >= 11 is 1.66. The third-order valence-electron chi connectivity index (χ3n) is 2.60. The quantitative estimate of drug-likeness (QED) is 0.911. The molecule has 0 aromatic heterocycles. The molecule has 3 nitrogen and oxygen atoms in total. The highest BCUT2D eigenvalue weighted by atomic mass is 32.2. The van der Waals surface area contributed by atoms with Crippen molar-refractivity contribution in [1.82, 2.24) is 0 Å². The predicted octanol–water partition coefficient (Wildman–Crippen LogP) is 2.87. The third-order valence-corrected chi connectivity index (χ3v) is 3.61. The number of primary amides is 1. The van der Waals surface area contributed by atoms with Crippen LogP contribution in [-0.4, -0.2) is 13.0 Å². The van der Waals surface area contributed by atoms with E-state index in [1.54, 1.807) is 18.9 Å². The lowest BCUT2D eigenvalue weighted by Gasteiger charge is -2.04. The summed E-state index contributed by atoms with van der Waals surface area (Å²) in [5.41, 5.74) is 6.09. The fourth-order valence-corrected chi connectivity index (χ4v) is 2.47. The molecule has 98 valence electrons. The summed E-state index contributed by atoms with van der Waals surface area (Å²) < 4.78 is 5.12. The molecule has 2 rings (SSSR count). The molecule has 0 fully saturated rings. The molecular formula is C15H15NO2S. The molecule has 1 amide bonds. The maximum Gasteiger partial charge on any atom is 0.221 e. The van der Waals surface area contributed by atoms with Crippen LogP contribution in [0.3, 0.4) is 0 Å². The van der Waals surface area contributed by atoms with Crippen molar-refractivity contribution in [3.63, 3.8) is 0 Å². The van der Waals surface area contributed by atoms with Gasteiger partial charge in [0.15, 0.2) is 0 Å². The lowest BCUT2D eigenvalue weighted by molar-refractivity contribution is -0.117. The average Bonchev–Trinajstić information content (AvgIpc) is 2.41. The maximum absolute atomic E-state index is 10.8. The molecule has 2 aromatic rings. The molecule has 2 aromatic carbocycles. The van der Waals surface area contributed by atoms with E-state index in [0.717, 1.165) is 21.1 Å². The molecule has 0 unspecified atom stereocenters. The van der Waals surface area contributed by atoms with Gasteiger partial charge in [0.2, 0.25) is 5.91 Å². The van der Waals surface area contributed by atoms with Crippen molar-refractivity contribution in [2.24, 2.45) is 5.73 Å². The van der Waals surface area contributed by atoms with Crippen molar-refractivity contribution in [3.8, 4) is 5.75 Å². The Morgan fingerprint density at radius 1 is 1.05 bits per heavy atom. The maximum atomic E-state index is 10.8. The van der Waals surface area contributed by atoms with Crippen LogP contribution in [0.2, 0.25) is 0 Å². The van der Waals surface area contributed by atoms with E-state index in [-0.39, 0.29) is 12.3 Å². The van der Waals surface area contributed by atoms with E-state index in [2.05, 4.69) is 0 Å². The lowest BCUT2D eigenvalue weighted by Crippen LogP contribution is -2.13. The molecule has 0 atom stereocenters. The summed E-state index contributed by atoms with van der Waals surface area (Å²) in [6.07, 6.45) is 0.285. The molecule has 2 N–H and O–H groups in total. The first-order valence-corrected chi connectivity index (χ1v) is 6.68. The summed E-state index contributed by atoms with van der Waals surface area (Å²) in [6, 6.07) is 15.7. The van der Waals surface area contributed by atoms with Crippen molar-refractivity contribution < 1.29 is 9.53 Å². The Bertz CT molecular complexity index is 549. The number of ether oxygens (including phenoxy) is 1. The Labute approximate surface area is 116 Å². The largest absolute Gasteiger partial charge is 0.497 e. The highest BCUT2D eigenvalue weighted by Gasteiger charge is 2.01. The molecule has 4 heteroatoms. The van der Waals surface area contributed by atoms with Gasteiger partial charge >= 0.3 is 0 Å². The zero-order valence-electron chi connectivity index (χ0n) is 10.6. The molecule has 0 saturated heterocycles. The molecule has 19 heavy (non-hydrogen) atoms. The lowest BCUT2D eigenvalue weighted by atomic mass is 10.1. The fourth-order valence-electron chi connectivity index (χ4n) is 1.66. The first kappa shape index (κ1) is 13.5. The van der Waals surface area contributed by atoms with Crippen molar-refractivity contribution >= 4 is 17.7 Å². The normalized spacial score (nSPS) is 10.2. The van der Waals surface area contributed by atoms with E-state index in [0.29, 0.717) is 0 Å². The van der Waals surface area contributed by atoms with Gasteiger partial charge in [-0.15, -0.1) is 0 Å². The summed E-state index contributed by atoms with van der Waals surface area (Å²) in [4.78, 5) is 13.1. The van der Waals surface area contributed by atoms with E-state index >= 15 is 0 Å². The van der Waals surface area contributed by atoms with Crippen LogP contribution in [0.5, 0.6) is 5.75 Å². The van der Waals surface area contributed by atoms with Crippen molar-refractivity contribution in [2.75, 3.05) is 7.11 Å². The van der Waals surface area contributed by atoms with Gasteiger partial charge in [0.05, 0.1) is 13.5 Å². The van der Waals surface area contributed by atoms with Crippen LogP contribution >= 0.6 is 11.8 Å². The molecular weight excluding hydrogens is 258 g/mol. The van der Waals surface area contributed by atoms with E-state index in [1.807, 2.05) is 48.5 Å². The van der Waals surface area contributed by atoms with Gasteiger partial charge in [0.1, 0.15) is 5.75 Å². The molecule has 0 aliphatic heterocycles. The number of benzene rings is 2. The Hall–Kier alpha value is -1.94. The van der Waals surface area contributed by atoms with Crippen molar-refractivity contribution in [3.05, 3.63) is 54.1 Å². The van der Waals surface area contributed by atoms with Crippen molar-refractivity contribution in [2.45, 2.75) is 16.2 Å². The topological polar surface area (TPSA) is 52.3 Å². The van der Waals surface area contributed by atoms with Crippen LogP contribution in [-0.2, 0) is 11.2 Å². The standard InChI is InChI=1S/C15H15NO2S/c1-18-12-4-8-14(9-5-12)19-13-6-2-11(3-7-13)10-15(16)17/h2-9H,10H2,1H3,(H2,16,17). The van der Waals surface area contributed by atoms with Crippen LogP contribution in [0.1, 0.15) is 5.56 Å². The summed E-state index contributed by atoms with van der Waals surface area (Å²) in [5, 5.41) is 0. The van der Waals surface area contributed by atoms with Crippen LogP contribution in [0.15, 0.2) is 58.3 Å². The van der Waals surface area contributed by atoms with Crippen LogP contribution < -0.4 is 10.5 Å². The van der Waals surface area contributed by atoms with Gasteiger partial charge in [-0.25, -0.2) is 0 Å². The Morgan fingerprint density at radius 3 is 2.05 bits per heavy atom. The van der Waals surface area contributed by atoms with Crippen molar-refractivity contribution in [1.29, 1.82) is 0 Å². The SMILES string of the molecule is COc1ccc(Sc2ccc(CC(N)=O)cc2)cc1. The molecule has 0 aliphatic carbocycles. The Morgan fingerprint density at radius 2 is 1.58 bits per heavy atom. The number of rotatable bonds is 5. The molecule has 0 aliphatic rings. The van der Waals surface area contributed by atoms with E-state index in [9.17, 15) is 4.79 Å². The van der Waals surface area contributed by atoms with Crippen LogP contribution in [0.4, 0.5) is 0 Å². The van der Waals surface area contributed by atoms with Gasteiger partial charge in [-0.3, -0.25) is 4.79 Å². The number of methoxy groups -OCH3 is 1. The minimum atomic E-state index is -0.310. The molecule has 0 radical (unpaired) electrons. The monoisotopic (exact) mass is 273 g/mol. The number of carbonyl (C=O) groups is 1. The second-order valence-electron chi connectivity index (χ2n) is 4.06. The summed E-state index contributed by atoms with van der Waals surface area (Å²) in [5.74, 6) is 0.539. The zero-order chi connectivity index (χ0) is 13.7. The Balaban J connectivity index is 2.04. The van der Waals surface area contributed by atoms with Gasteiger partial charge in [-0.1, -0.05) is 23.9 Å². The number of hydrogen-bond donors (Lipinski definition) is 1.